The van der Waals surface area contributed by atoms with Crippen molar-refractivity contribution in [1.29, 1.82) is 0 Å². The molecule has 1 rings (SSSR count). The Hall–Kier alpha value is -0.200. The van der Waals surface area contributed by atoms with Crippen LogP contribution in [0.5, 0.6) is 0 Å². The first kappa shape index (κ1) is 37.8. The summed E-state index contributed by atoms with van der Waals surface area (Å²) in [6.07, 6.45) is 29.4. The Balaban J connectivity index is 2.41. The van der Waals surface area contributed by atoms with Gasteiger partial charge in [0.05, 0.1) is 6.61 Å². The van der Waals surface area contributed by atoms with E-state index in [1.807, 2.05) is 0 Å². The van der Waals surface area contributed by atoms with Crippen LogP contribution in [0.25, 0.3) is 0 Å². The molecule has 0 spiro atoms. The summed E-state index contributed by atoms with van der Waals surface area (Å²) >= 11 is 0. The number of hydrogen-bond donors (Lipinski definition) is 1. The number of aliphatic hydroxyl groups is 1. The summed E-state index contributed by atoms with van der Waals surface area (Å²) < 4.78 is 25.1. The molecule has 1 aliphatic heterocycles. The van der Waals surface area contributed by atoms with Crippen LogP contribution < -0.4 is 0 Å². The van der Waals surface area contributed by atoms with E-state index in [1.165, 1.54) is 135 Å². The number of rotatable bonds is 31. The first-order valence-corrected chi connectivity index (χ1v) is 17.9. The molecule has 0 unspecified atom stereocenters. The molecule has 0 radical (unpaired) electrons. The Labute approximate surface area is 249 Å². The molecule has 0 aliphatic carbocycles. The molecule has 0 aromatic heterocycles. The van der Waals surface area contributed by atoms with Gasteiger partial charge in [0, 0.05) is 19.8 Å². The zero-order valence-electron chi connectivity index (χ0n) is 27.2. The monoisotopic (exact) mass is 571 g/mol. The largest absolute Gasteiger partial charge is 0.394 e. The zero-order valence-corrected chi connectivity index (χ0v) is 27.2. The molecule has 240 valence electrons. The van der Waals surface area contributed by atoms with Crippen LogP contribution in [0.2, 0.25) is 0 Å². The molecule has 0 bridgehead atoms. The Bertz CT molecular complexity index is 502. The van der Waals surface area contributed by atoms with Crippen LogP contribution in [0.3, 0.4) is 0 Å². The van der Waals surface area contributed by atoms with Gasteiger partial charge in [-0.05, 0) is 19.3 Å². The van der Waals surface area contributed by atoms with E-state index in [0.717, 1.165) is 19.3 Å². The second-order valence-corrected chi connectivity index (χ2v) is 12.2. The first-order valence-electron chi connectivity index (χ1n) is 17.9. The average molecular weight is 571 g/mol. The van der Waals surface area contributed by atoms with Crippen molar-refractivity contribution in [2.45, 2.75) is 199 Å². The lowest BCUT2D eigenvalue weighted by molar-refractivity contribution is -0.181. The van der Waals surface area contributed by atoms with Crippen molar-refractivity contribution in [3.8, 4) is 0 Å². The van der Waals surface area contributed by atoms with Crippen molar-refractivity contribution in [2.75, 3.05) is 26.4 Å². The van der Waals surface area contributed by atoms with E-state index in [1.54, 1.807) is 0 Å². The summed E-state index contributed by atoms with van der Waals surface area (Å²) in [6, 6.07) is 0. The molecule has 0 aromatic carbocycles. The van der Waals surface area contributed by atoms with E-state index in [-0.39, 0.29) is 24.9 Å². The topological polar surface area (TPSA) is 57.2 Å². The number of unbranched alkanes of at least 4 members (excludes halogenated alkanes) is 21. The van der Waals surface area contributed by atoms with Gasteiger partial charge in [-0.3, -0.25) is 0 Å². The van der Waals surface area contributed by atoms with Gasteiger partial charge in [0.1, 0.15) is 18.3 Å². The summed E-state index contributed by atoms with van der Waals surface area (Å²) in [5, 5.41) is 10.1. The molecule has 1 aliphatic rings. The third-order valence-electron chi connectivity index (χ3n) is 8.34. The molecule has 40 heavy (non-hydrogen) atoms. The third-order valence-corrected chi connectivity index (χ3v) is 8.34. The van der Waals surface area contributed by atoms with Crippen LogP contribution in [-0.2, 0) is 18.9 Å². The van der Waals surface area contributed by atoms with Crippen molar-refractivity contribution < 1.29 is 24.1 Å². The van der Waals surface area contributed by atoms with E-state index < -0.39 is 6.29 Å². The van der Waals surface area contributed by atoms with E-state index in [0.29, 0.717) is 19.8 Å². The zero-order chi connectivity index (χ0) is 28.9. The summed E-state index contributed by atoms with van der Waals surface area (Å²) in [5.74, 6) is 0. The van der Waals surface area contributed by atoms with Crippen molar-refractivity contribution in [3.05, 3.63) is 0 Å². The number of aliphatic hydroxyl groups excluding tert-OH is 1. The summed E-state index contributed by atoms with van der Waals surface area (Å²) in [5.41, 5.74) is 0. The minimum absolute atomic E-state index is 0.0582. The highest BCUT2D eigenvalue weighted by Crippen LogP contribution is 2.28. The van der Waals surface area contributed by atoms with Crippen molar-refractivity contribution in [3.63, 3.8) is 0 Å². The third kappa shape index (κ3) is 19.8. The van der Waals surface area contributed by atoms with Gasteiger partial charge in [-0.25, -0.2) is 0 Å². The molecule has 1 heterocycles. The van der Waals surface area contributed by atoms with E-state index in [9.17, 15) is 5.11 Å². The maximum atomic E-state index is 10.1. The van der Waals surface area contributed by atoms with Gasteiger partial charge in [0.25, 0.3) is 0 Å². The molecule has 1 saturated heterocycles. The van der Waals surface area contributed by atoms with Gasteiger partial charge in [0.2, 0.25) is 0 Å². The van der Waals surface area contributed by atoms with Gasteiger partial charge in [0.15, 0.2) is 6.29 Å². The van der Waals surface area contributed by atoms with Gasteiger partial charge >= 0.3 is 0 Å². The lowest BCUT2D eigenvalue weighted by Crippen LogP contribution is -2.40. The molecular formula is C35H70O5. The van der Waals surface area contributed by atoms with Crippen molar-refractivity contribution >= 4 is 0 Å². The van der Waals surface area contributed by atoms with Crippen molar-refractivity contribution in [2.24, 2.45) is 0 Å². The van der Waals surface area contributed by atoms with Gasteiger partial charge in [-0.1, -0.05) is 156 Å². The quantitative estimate of drug-likeness (QED) is 0.0841. The van der Waals surface area contributed by atoms with Crippen LogP contribution in [0.15, 0.2) is 0 Å². The lowest BCUT2D eigenvalue weighted by atomic mass is 10.1. The van der Waals surface area contributed by atoms with Crippen LogP contribution in [0.4, 0.5) is 0 Å². The van der Waals surface area contributed by atoms with E-state index in [2.05, 4.69) is 20.8 Å². The number of hydrogen-bond acceptors (Lipinski definition) is 5. The van der Waals surface area contributed by atoms with Crippen LogP contribution in [0.1, 0.15) is 175 Å². The predicted octanol–water partition coefficient (Wildman–Crippen LogP) is 9.91. The fourth-order valence-electron chi connectivity index (χ4n) is 5.70. The predicted molar refractivity (Wildman–Crippen MR) is 169 cm³/mol. The Kier molecular flexibility index (Phi) is 27.3. The Morgan fingerprint density at radius 1 is 0.425 bits per heavy atom. The van der Waals surface area contributed by atoms with Gasteiger partial charge in [-0.15, -0.1) is 0 Å². The lowest BCUT2D eigenvalue weighted by Gasteiger charge is -2.24. The van der Waals surface area contributed by atoms with Gasteiger partial charge in [-0.2, -0.15) is 0 Å². The second kappa shape index (κ2) is 28.9. The highest BCUT2D eigenvalue weighted by Gasteiger charge is 2.46. The molecule has 5 heteroatoms. The standard InChI is InChI=1S/C35H70O5/c1-4-7-10-13-16-19-22-25-28-37-33-32(31-36)40-35(39-30-27-24-21-18-15-12-9-6-3)34(33)38-29-26-23-20-17-14-11-8-5-2/h32-36H,4-31H2,1-3H3/t32-,33-,34-,35-/m1/s1. The molecule has 1 fully saturated rings. The SMILES string of the molecule is CCCCCCCCCCO[C@@H]1O[C@H](CO)[C@@H](OCCCCCCCCCC)[C@H]1OCCCCCCCCCC. The minimum atomic E-state index is -0.445. The average Bonchev–Trinajstić information content (AvgIpc) is 3.30. The molecule has 0 amide bonds. The summed E-state index contributed by atoms with van der Waals surface area (Å²) in [6.45, 7) is 8.82. The second-order valence-electron chi connectivity index (χ2n) is 12.2. The molecule has 1 N–H and O–H groups in total. The van der Waals surface area contributed by atoms with Crippen LogP contribution in [0, 0.1) is 0 Å². The minimum Gasteiger partial charge on any atom is -0.394 e. The normalized spacial score (nSPS) is 21.0. The molecule has 4 atom stereocenters. The molecular weight excluding hydrogens is 500 g/mol. The maximum Gasteiger partial charge on any atom is 0.186 e. The highest BCUT2D eigenvalue weighted by atomic mass is 16.7. The molecule has 0 aromatic rings. The van der Waals surface area contributed by atoms with E-state index >= 15 is 0 Å². The number of ether oxygens (including phenoxy) is 4. The van der Waals surface area contributed by atoms with E-state index in [4.69, 9.17) is 18.9 Å². The Morgan fingerprint density at radius 3 is 1.12 bits per heavy atom. The van der Waals surface area contributed by atoms with Gasteiger partial charge < -0.3 is 24.1 Å². The highest BCUT2D eigenvalue weighted by molar-refractivity contribution is 4.89. The summed E-state index contributed by atoms with van der Waals surface area (Å²) in [7, 11) is 0. The molecule has 5 nitrogen and oxygen atoms in total. The molecule has 0 saturated carbocycles. The first-order chi connectivity index (χ1) is 19.8. The fourth-order valence-corrected chi connectivity index (χ4v) is 5.70. The maximum absolute atomic E-state index is 10.1. The fraction of sp³-hybridized carbons (Fsp3) is 1.00. The summed E-state index contributed by atoms with van der Waals surface area (Å²) in [4.78, 5) is 0. The van der Waals surface area contributed by atoms with Crippen LogP contribution >= 0.6 is 0 Å². The Morgan fingerprint density at radius 2 is 0.750 bits per heavy atom. The van der Waals surface area contributed by atoms with Crippen LogP contribution in [-0.4, -0.2) is 56.1 Å². The smallest absolute Gasteiger partial charge is 0.186 e. The van der Waals surface area contributed by atoms with Crippen molar-refractivity contribution in [1.82, 2.24) is 0 Å².